The van der Waals surface area contributed by atoms with Gasteiger partial charge in [-0.25, -0.2) is 0 Å². The first kappa shape index (κ1) is 7.86. The molecule has 0 amide bonds. The molecule has 0 atom stereocenters. The molecule has 1 aromatic heterocycles. The zero-order valence-electron chi connectivity index (χ0n) is 7.19. The molecular weight excluding hydrogens is 166 g/mol. The summed E-state index contributed by atoms with van der Waals surface area (Å²) in [5.41, 5.74) is 1.83. The molecule has 0 saturated carbocycles. The van der Waals surface area contributed by atoms with E-state index in [0.717, 1.165) is 16.5 Å². The fourth-order valence-electron chi connectivity index (χ4n) is 1.30. The van der Waals surface area contributed by atoms with E-state index >= 15 is 0 Å². The highest BCUT2D eigenvalue weighted by Gasteiger charge is 1.97. The van der Waals surface area contributed by atoms with Gasteiger partial charge in [0.2, 0.25) is 0 Å². The van der Waals surface area contributed by atoms with Crippen LogP contribution in [0.2, 0.25) is 0 Å². The van der Waals surface area contributed by atoms with Crippen LogP contribution in [-0.2, 0) is 0 Å². The lowest BCUT2D eigenvalue weighted by Gasteiger charge is -1.97. The van der Waals surface area contributed by atoms with E-state index in [1.807, 2.05) is 25.1 Å². The van der Waals surface area contributed by atoms with Crippen molar-refractivity contribution in [3.63, 3.8) is 0 Å². The van der Waals surface area contributed by atoms with Crippen LogP contribution in [0.3, 0.4) is 0 Å². The number of hydrogen-bond donors (Lipinski definition) is 1. The second-order valence-electron chi connectivity index (χ2n) is 2.91. The normalized spacial score (nSPS) is 12.2. The van der Waals surface area contributed by atoms with Crippen LogP contribution >= 0.6 is 0 Å². The van der Waals surface area contributed by atoms with Crippen LogP contribution in [0.15, 0.2) is 40.1 Å². The summed E-state index contributed by atoms with van der Waals surface area (Å²) in [6.45, 7) is 1.98. The van der Waals surface area contributed by atoms with E-state index in [9.17, 15) is 0 Å². The Morgan fingerprint density at radius 3 is 2.92 bits per heavy atom. The quantitative estimate of drug-likeness (QED) is 0.492. The van der Waals surface area contributed by atoms with Gasteiger partial charge >= 0.3 is 0 Å². The number of rotatable bonds is 0. The largest absolute Gasteiger partial charge is 0.464 e. The molecule has 1 aromatic carbocycles. The van der Waals surface area contributed by atoms with Crippen molar-refractivity contribution < 1.29 is 9.62 Å². The van der Waals surface area contributed by atoms with Crippen molar-refractivity contribution in [3.8, 4) is 0 Å². The summed E-state index contributed by atoms with van der Waals surface area (Å²) < 4.78 is 5.24. The SMILES string of the molecule is Cc1ccc2occc(=NO)c2c1. The van der Waals surface area contributed by atoms with Gasteiger partial charge in [-0.3, -0.25) is 0 Å². The van der Waals surface area contributed by atoms with E-state index in [-0.39, 0.29) is 0 Å². The number of nitrogens with zero attached hydrogens (tertiary/aromatic N) is 1. The summed E-state index contributed by atoms with van der Waals surface area (Å²) in [7, 11) is 0. The fourth-order valence-corrected chi connectivity index (χ4v) is 1.30. The molecule has 13 heavy (non-hydrogen) atoms. The van der Waals surface area contributed by atoms with Crippen LogP contribution in [0, 0.1) is 6.92 Å². The molecular formula is C10H9NO2. The number of hydrogen-bond acceptors (Lipinski definition) is 3. The van der Waals surface area contributed by atoms with Crippen molar-refractivity contribution in [3.05, 3.63) is 41.4 Å². The Morgan fingerprint density at radius 2 is 2.15 bits per heavy atom. The van der Waals surface area contributed by atoms with Gasteiger partial charge in [0, 0.05) is 11.5 Å². The first-order valence-electron chi connectivity index (χ1n) is 3.97. The Morgan fingerprint density at radius 1 is 1.31 bits per heavy atom. The van der Waals surface area contributed by atoms with Crippen molar-refractivity contribution in [2.75, 3.05) is 0 Å². The van der Waals surface area contributed by atoms with Gasteiger partial charge in [0.25, 0.3) is 0 Å². The molecule has 0 saturated heterocycles. The van der Waals surface area contributed by atoms with Crippen molar-refractivity contribution in [2.45, 2.75) is 6.92 Å². The van der Waals surface area contributed by atoms with Crippen molar-refractivity contribution in [1.82, 2.24) is 0 Å². The highest BCUT2D eigenvalue weighted by Crippen LogP contribution is 2.10. The predicted octanol–water partition coefficient (Wildman–Crippen LogP) is 2.03. The van der Waals surface area contributed by atoms with Gasteiger partial charge in [0.15, 0.2) is 0 Å². The molecule has 0 aliphatic carbocycles. The Balaban J connectivity index is 2.96. The minimum absolute atomic E-state index is 0.532. The molecule has 0 aliphatic rings. The number of benzene rings is 1. The van der Waals surface area contributed by atoms with E-state index < -0.39 is 0 Å². The second-order valence-corrected chi connectivity index (χ2v) is 2.91. The van der Waals surface area contributed by atoms with Gasteiger partial charge in [-0.05, 0) is 19.1 Å². The second kappa shape index (κ2) is 2.94. The van der Waals surface area contributed by atoms with Crippen LogP contribution in [0.4, 0.5) is 0 Å². The van der Waals surface area contributed by atoms with E-state index in [2.05, 4.69) is 5.16 Å². The monoisotopic (exact) mass is 175 g/mol. The fraction of sp³-hybridized carbons (Fsp3) is 0.100. The van der Waals surface area contributed by atoms with Crippen LogP contribution in [-0.4, -0.2) is 5.21 Å². The van der Waals surface area contributed by atoms with Gasteiger partial charge < -0.3 is 9.62 Å². The average molecular weight is 175 g/mol. The zero-order valence-corrected chi connectivity index (χ0v) is 7.19. The van der Waals surface area contributed by atoms with Crippen LogP contribution in [0.1, 0.15) is 5.56 Å². The Hall–Kier alpha value is -1.77. The smallest absolute Gasteiger partial charge is 0.136 e. The van der Waals surface area contributed by atoms with Gasteiger partial charge in [-0.1, -0.05) is 16.8 Å². The molecule has 0 aliphatic heterocycles. The molecule has 0 spiro atoms. The zero-order chi connectivity index (χ0) is 9.26. The minimum atomic E-state index is 0.532. The van der Waals surface area contributed by atoms with Crippen molar-refractivity contribution in [2.24, 2.45) is 5.16 Å². The third kappa shape index (κ3) is 1.28. The highest BCUT2D eigenvalue weighted by molar-refractivity contribution is 5.76. The summed E-state index contributed by atoms with van der Waals surface area (Å²) in [4.78, 5) is 0. The molecule has 1 N–H and O–H groups in total. The van der Waals surface area contributed by atoms with Gasteiger partial charge in [-0.2, -0.15) is 0 Å². The van der Waals surface area contributed by atoms with Crippen LogP contribution in [0.5, 0.6) is 0 Å². The molecule has 2 aromatic rings. The number of aryl methyl sites for hydroxylation is 1. The van der Waals surface area contributed by atoms with Gasteiger partial charge in [-0.15, -0.1) is 0 Å². The standard InChI is InChI=1S/C10H9NO2/c1-7-2-3-10-8(6-7)9(11-12)4-5-13-10/h2-6,12H,1H3. The first-order chi connectivity index (χ1) is 6.31. The molecule has 0 fully saturated rings. The Labute approximate surface area is 74.9 Å². The summed E-state index contributed by atoms with van der Waals surface area (Å²) in [5.74, 6) is 0. The maximum absolute atomic E-state index is 8.71. The Kier molecular flexibility index (Phi) is 1.77. The molecule has 1 heterocycles. The first-order valence-corrected chi connectivity index (χ1v) is 3.97. The van der Waals surface area contributed by atoms with Crippen molar-refractivity contribution in [1.29, 1.82) is 0 Å². The third-order valence-electron chi connectivity index (χ3n) is 1.94. The minimum Gasteiger partial charge on any atom is -0.464 e. The van der Waals surface area contributed by atoms with E-state index in [0.29, 0.717) is 5.36 Å². The lowest BCUT2D eigenvalue weighted by molar-refractivity contribution is 0.302. The van der Waals surface area contributed by atoms with Crippen LogP contribution < -0.4 is 5.36 Å². The van der Waals surface area contributed by atoms with E-state index in [1.165, 1.54) is 6.26 Å². The lowest BCUT2D eigenvalue weighted by atomic mass is 10.1. The van der Waals surface area contributed by atoms with E-state index in [1.54, 1.807) is 6.07 Å². The Bertz CT molecular complexity index is 499. The molecule has 3 heteroatoms. The van der Waals surface area contributed by atoms with Gasteiger partial charge in [0.1, 0.15) is 10.9 Å². The van der Waals surface area contributed by atoms with Gasteiger partial charge in [0.05, 0.1) is 6.26 Å². The maximum Gasteiger partial charge on any atom is 0.136 e. The summed E-state index contributed by atoms with van der Waals surface area (Å²) in [5, 5.41) is 13.2. The van der Waals surface area contributed by atoms with E-state index in [4.69, 9.17) is 9.62 Å². The average Bonchev–Trinajstić information content (AvgIpc) is 2.17. The van der Waals surface area contributed by atoms with Crippen molar-refractivity contribution >= 4 is 11.0 Å². The topological polar surface area (TPSA) is 45.7 Å². The predicted molar refractivity (Wildman–Crippen MR) is 48.3 cm³/mol. The van der Waals surface area contributed by atoms with Crippen LogP contribution in [0.25, 0.3) is 11.0 Å². The summed E-state index contributed by atoms with van der Waals surface area (Å²) >= 11 is 0. The molecule has 0 radical (unpaired) electrons. The third-order valence-corrected chi connectivity index (χ3v) is 1.94. The maximum atomic E-state index is 8.71. The molecule has 66 valence electrons. The summed E-state index contributed by atoms with van der Waals surface area (Å²) in [6, 6.07) is 7.36. The molecule has 0 unspecified atom stereocenters. The number of fused-ring (bicyclic) bond motifs is 1. The highest BCUT2D eigenvalue weighted by atomic mass is 16.4. The molecule has 3 nitrogen and oxygen atoms in total. The summed E-state index contributed by atoms with van der Waals surface area (Å²) in [6.07, 6.45) is 1.51. The molecule has 0 bridgehead atoms. The molecule has 2 rings (SSSR count). The lowest BCUT2D eigenvalue weighted by Crippen LogP contribution is -2.01.